The summed E-state index contributed by atoms with van der Waals surface area (Å²) in [6.07, 6.45) is 12.1. The number of benzene rings is 2. The first-order valence-corrected chi connectivity index (χ1v) is 12.4. The van der Waals surface area contributed by atoms with Gasteiger partial charge in [0.15, 0.2) is 0 Å². The SMILES string of the molecule is C=CCCCCCCCCCOc1ccc(-c2ccc(O)cc2)cc1.CC.CC.CC. The first-order chi connectivity index (χ1) is 15.3. The highest BCUT2D eigenvalue weighted by Crippen LogP contribution is 2.24. The summed E-state index contributed by atoms with van der Waals surface area (Å²) >= 11 is 0. The van der Waals surface area contributed by atoms with E-state index in [-0.39, 0.29) is 0 Å². The van der Waals surface area contributed by atoms with Crippen molar-refractivity contribution in [2.75, 3.05) is 6.61 Å². The van der Waals surface area contributed by atoms with Crippen LogP contribution in [0, 0.1) is 0 Å². The summed E-state index contributed by atoms with van der Waals surface area (Å²) in [5.41, 5.74) is 2.22. The van der Waals surface area contributed by atoms with Gasteiger partial charge in [-0.3, -0.25) is 0 Å². The van der Waals surface area contributed by atoms with E-state index in [9.17, 15) is 5.11 Å². The summed E-state index contributed by atoms with van der Waals surface area (Å²) in [5, 5.41) is 9.35. The van der Waals surface area contributed by atoms with Crippen molar-refractivity contribution < 1.29 is 9.84 Å². The fraction of sp³-hybridized carbons (Fsp3) is 0.517. The third-order valence-electron chi connectivity index (χ3n) is 4.38. The molecule has 0 unspecified atom stereocenters. The molecule has 0 amide bonds. The molecule has 0 fully saturated rings. The van der Waals surface area contributed by atoms with Crippen LogP contribution in [0.2, 0.25) is 0 Å². The Morgan fingerprint density at radius 2 is 1.06 bits per heavy atom. The number of rotatable bonds is 12. The molecule has 0 saturated carbocycles. The third kappa shape index (κ3) is 16.2. The highest BCUT2D eigenvalue weighted by Gasteiger charge is 1.99. The van der Waals surface area contributed by atoms with Crippen LogP contribution < -0.4 is 4.74 Å². The zero-order valence-corrected chi connectivity index (χ0v) is 21.1. The molecule has 2 nitrogen and oxygen atoms in total. The van der Waals surface area contributed by atoms with Gasteiger partial charge in [-0.25, -0.2) is 0 Å². The number of allylic oxidation sites excluding steroid dienone is 1. The second-order valence-electron chi connectivity index (χ2n) is 6.47. The molecule has 2 rings (SSSR count). The maximum atomic E-state index is 9.35. The van der Waals surface area contributed by atoms with Gasteiger partial charge in [0.25, 0.3) is 0 Å². The molecular formula is C29H48O2. The Morgan fingerprint density at radius 3 is 1.55 bits per heavy atom. The lowest BCUT2D eigenvalue weighted by atomic mass is 10.1. The number of hydrogen-bond acceptors (Lipinski definition) is 2. The normalized spacial score (nSPS) is 9.10. The molecule has 0 spiro atoms. The third-order valence-corrected chi connectivity index (χ3v) is 4.38. The minimum Gasteiger partial charge on any atom is -0.508 e. The Bertz CT molecular complexity index is 600. The predicted molar refractivity (Wildman–Crippen MR) is 140 cm³/mol. The maximum Gasteiger partial charge on any atom is 0.119 e. The van der Waals surface area contributed by atoms with E-state index in [0.717, 1.165) is 36.3 Å². The van der Waals surface area contributed by atoms with Crippen molar-refractivity contribution in [3.05, 3.63) is 61.2 Å². The molecule has 0 aliphatic carbocycles. The Kier molecular flexibility index (Phi) is 24.0. The minimum atomic E-state index is 0.292. The zero-order valence-electron chi connectivity index (χ0n) is 21.1. The average Bonchev–Trinajstić information content (AvgIpc) is 2.85. The number of hydrogen-bond donors (Lipinski definition) is 1. The van der Waals surface area contributed by atoms with Crippen molar-refractivity contribution >= 4 is 0 Å². The smallest absolute Gasteiger partial charge is 0.119 e. The van der Waals surface area contributed by atoms with Crippen LogP contribution >= 0.6 is 0 Å². The second-order valence-corrected chi connectivity index (χ2v) is 6.47. The molecule has 0 heterocycles. The van der Waals surface area contributed by atoms with Crippen molar-refractivity contribution in [2.24, 2.45) is 0 Å². The first-order valence-electron chi connectivity index (χ1n) is 12.4. The summed E-state index contributed by atoms with van der Waals surface area (Å²) in [6, 6.07) is 15.4. The molecule has 0 radical (unpaired) electrons. The van der Waals surface area contributed by atoms with Gasteiger partial charge in [-0.2, -0.15) is 0 Å². The molecule has 31 heavy (non-hydrogen) atoms. The van der Waals surface area contributed by atoms with Crippen LogP contribution in [-0.2, 0) is 0 Å². The molecule has 176 valence electrons. The number of phenolic OH excluding ortho intramolecular Hbond substituents is 1. The Hall–Kier alpha value is -2.22. The molecule has 0 bridgehead atoms. The highest BCUT2D eigenvalue weighted by molar-refractivity contribution is 5.64. The monoisotopic (exact) mass is 428 g/mol. The van der Waals surface area contributed by atoms with Gasteiger partial charge in [-0.1, -0.05) is 104 Å². The van der Waals surface area contributed by atoms with E-state index in [0.29, 0.717) is 5.75 Å². The molecular weight excluding hydrogens is 380 g/mol. The van der Waals surface area contributed by atoms with E-state index < -0.39 is 0 Å². The average molecular weight is 429 g/mol. The van der Waals surface area contributed by atoms with Crippen molar-refractivity contribution in [3.8, 4) is 22.6 Å². The Balaban J connectivity index is 0. The lowest BCUT2D eigenvalue weighted by Crippen LogP contribution is -1.97. The standard InChI is InChI=1S/C23H30O2.3C2H6/c1-2-3-4-5-6-7-8-9-10-19-25-23-17-13-21(14-18-23)20-11-15-22(24)16-12-20;3*1-2/h2,11-18,24H,1,3-10,19H2;3*1-2H3. The van der Waals surface area contributed by atoms with Crippen LogP contribution in [0.4, 0.5) is 0 Å². The van der Waals surface area contributed by atoms with Crippen LogP contribution in [0.25, 0.3) is 11.1 Å². The number of unbranched alkanes of at least 4 members (excludes halogenated alkanes) is 7. The van der Waals surface area contributed by atoms with Gasteiger partial charge in [0, 0.05) is 0 Å². The largest absolute Gasteiger partial charge is 0.508 e. The Labute approximate surface area is 193 Å². The Morgan fingerprint density at radius 1 is 0.645 bits per heavy atom. The van der Waals surface area contributed by atoms with Gasteiger partial charge in [-0.05, 0) is 54.7 Å². The van der Waals surface area contributed by atoms with Crippen molar-refractivity contribution in [1.82, 2.24) is 0 Å². The van der Waals surface area contributed by atoms with Crippen LogP contribution in [0.15, 0.2) is 61.2 Å². The second kappa shape index (κ2) is 24.1. The van der Waals surface area contributed by atoms with Gasteiger partial charge in [-0.15, -0.1) is 6.58 Å². The van der Waals surface area contributed by atoms with Crippen LogP contribution in [0.5, 0.6) is 11.5 Å². The minimum absolute atomic E-state index is 0.292. The lowest BCUT2D eigenvalue weighted by molar-refractivity contribution is 0.304. The molecule has 0 aliphatic heterocycles. The van der Waals surface area contributed by atoms with E-state index in [1.54, 1.807) is 12.1 Å². The topological polar surface area (TPSA) is 29.5 Å². The van der Waals surface area contributed by atoms with Crippen molar-refractivity contribution in [3.63, 3.8) is 0 Å². The van der Waals surface area contributed by atoms with Crippen LogP contribution in [0.1, 0.15) is 92.9 Å². The summed E-state index contributed by atoms with van der Waals surface area (Å²) in [4.78, 5) is 0. The first kappa shape index (κ1) is 31.0. The van der Waals surface area contributed by atoms with Crippen LogP contribution in [0.3, 0.4) is 0 Å². The number of ether oxygens (including phenoxy) is 1. The lowest BCUT2D eigenvalue weighted by Gasteiger charge is -2.08. The van der Waals surface area contributed by atoms with E-state index in [1.165, 1.54) is 38.5 Å². The quantitative estimate of drug-likeness (QED) is 0.269. The maximum absolute atomic E-state index is 9.35. The van der Waals surface area contributed by atoms with Gasteiger partial charge < -0.3 is 9.84 Å². The predicted octanol–water partition coefficient (Wildman–Crippen LogP) is 9.82. The fourth-order valence-electron chi connectivity index (χ4n) is 2.86. The number of phenols is 1. The van der Waals surface area contributed by atoms with Gasteiger partial charge in [0.1, 0.15) is 11.5 Å². The molecule has 2 heteroatoms. The molecule has 2 aromatic rings. The number of aromatic hydroxyl groups is 1. The molecule has 1 N–H and O–H groups in total. The summed E-state index contributed by atoms with van der Waals surface area (Å²) < 4.78 is 5.82. The van der Waals surface area contributed by atoms with Gasteiger partial charge >= 0.3 is 0 Å². The summed E-state index contributed by atoms with van der Waals surface area (Å²) in [5.74, 6) is 1.22. The highest BCUT2D eigenvalue weighted by atomic mass is 16.5. The van der Waals surface area contributed by atoms with Crippen molar-refractivity contribution in [2.45, 2.75) is 92.9 Å². The molecule has 0 aliphatic rings. The van der Waals surface area contributed by atoms with E-state index in [1.807, 2.05) is 71.9 Å². The van der Waals surface area contributed by atoms with Crippen molar-refractivity contribution in [1.29, 1.82) is 0 Å². The van der Waals surface area contributed by atoms with Crippen LogP contribution in [-0.4, -0.2) is 11.7 Å². The van der Waals surface area contributed by atoms with Gasteiger partial charge in [0.2, 0.25) is 0 Å². The molecule has 0 saturated heterocycles. The van der Waals surface area contributed by atoms with E-state index >= 15 is 0 Å². The van der Waals surface area contributed by atoms with E-state index in [2.05, 4.69) is 18.7 Å². The fourth-order valence-corrected chi connectivity index (χ4v) is 2.86. The molecule has 0 atom stereocenters. The molecule has 2 aromatic carbocycles. The van der Waals surface area contributed by atoms with E-state index in [4.69, 9.17) is 4.74 Å². The summed E-state index contributed by atoms with van der Waals surface area (Å²) in [7, 11) is 0. The van der Waals surface area contributed by atoms with Gasteiger partial charge in [0.05, 0.1) is 6.61 Å². The summed E-state index contributed by atoms with van der Waals surface area (Å²) in [6.45, 7) is 16.5. The molecule has 0 aromatic heterocycles. The zero-order chi connectivity index (χ0) is 23.7.